The third-order valence-corrected chi connectivity index (χ3v) is 6.75. The van der Waals surface area contributed by atoms with E-state index >= 15 is 0 Å². The molecule has 0 fully saturated rings. The normalized spacial score (nSPS) is 12.5. The van der Waals surface area contributed by atoms with Crippen molar-refractivity contribution in [2.75, 3.05) is 13.2 Å². The molecule has 3 nitrogen and oxygen atoms in total. The van der Waals surface area contributed by atoms with Gasteiger partial charge in [-0.2, -0.15) is 5.48 Å². The lowest BCUT2D eigenvalue weighted by atomic mass is 10.0. The van der Waals surface area contributed by atoms with Crippen molar-refractivity contribution in [2.45, 2.75) is 181 Å². The minimum atomic E-state index is 0.0467. The van der Waals surface area contributed by atoms with E-state index in [0.717, 1.165) is 26.1 Å². The molecule has 0 saturated carbocycles. The smallest absolute Gasteiger partial charge is 0.130 e. The number of hydroxylamine groups is 1. The zero-order chi connectivity index (χ0) is 24.1. The first-order chi connectivity index (χ1) is 16.3. The molecule has 3 heteroatoms. The summed E-state index contributed by atoms with van der Waals surface area (Å²) in [6, 6.07) is 0. The second-order valence-corrected chi connectivity index (χ2v) is 10.2. The lowest BCUT2D eigenvalue weighted by Crippen LogP contribution is -2.32. The van der Waals surface area contributed by atoms with E-state index in [1.54, 1.807) is 0 Å². The van der Waals surface area contributed by atoms with E-state index in [9.17, 15) is 0 Å². The Morgan fingerprint density at radius 2 is 0.758 bits per heavy atom. The molecule has 0 aromatic carbocycles. The number of hydrogen-bond donors (Lipinski definition) is 1. The average Bonchev–Trinajstić information content (AvgIpc) is 2.83. The summed E-state index contributed by atoms with van der Waals surface area (Å²) >= 11 is 0. The third kappa shape index (κ3) is 28.0. The van der Waals surface area contributed by atoms with Gasteiger partial charge in [-0.25, -0.2) is 0 Å². The van der Waals surface area contributed by atoms with Crippen LogP contribution in [0.4, 0.5) is 0 Å². The summed E-state index contributed by atoms with van der Waals surface area (Å²) in [5.74, 6) is 0. The Labute approximate surface area is 209 Å². The van der Waals surface area contributed by atoms with Crippen LogP contribution >= 0.6 is 0 Å². The van der Waals surface area contributed by atoms with Crippen molar-refractivity contribution in [3.8, 4) is 0 Å². The quantitative estimate of drug-likeness (QED) is 0.0671. The molecule has 1 N–H and O–H groups in total. The molecule has 0 aromatic rings. The molecule has 0 aromatic heterocycles. The molecule has 0 aliphatic heterocycles. The lowest BCUT2D eigenvalue weighted by molar-refractivity contribution is -0.0932. The molecule has 0 rings (SSSR count). The number of hydrogen-bond acceptors (Lipinski definition) is 3. The Hall–Kier alpha value is -0.120. The molecule has 0 aliphatic carbocycles. The molecule has 200 valence electrons. The highest BCUT2D eigenvalue weighted by Gasteiger charge is 2.05. The summed E-state index contributed by atoms with van der Waals surface area (Å²) in [5.41, 5.74) is 3.12. The van der Waals surface area contributed by atoms with E-state index in [2.05, 4.69) is 26.3 Å². The van der Waals surface area contributed by atoms with Gasteiger partial charge in [-0.3, -0.25) is 4.84 Å². The molecular weight excluding hydrogens is 406 g/mol. The van der Waals surface area contributed by atoms with Crippen molar-refractivity contribution in [1.29, 1.82) is 0 Å². The maximum absolute atomic E-state index is 5.96. The number of nitrogens with one attached hydrogen (secondary N) is 1. The Bertz CT molecular complexity index is 337. The summed E-state index contributed by atoms with van der Waals surface area (Å²) < 4.78 is 5.96. The van der Waals surface area contributed by atoms with Crippen molar-refractivity contribution in [2.24, 2.45) is 0 Å². The molecule has 0 saturated heterocycles. The molecule has 1 atom stereocenters. The topological polar surface area (TPSA) is 30.5 Å². The van der Waals surface area contributed by atoms with Crippen molar-refractivity contribution in [3.63, 3.8) is 0 Å². The maximum Gasteiger partial charge on any atom is 0.130 e. The van der Waals surface area contributed by atoms with Crippen LogP contribution in [0.25, 0.3) is 0 Å². The van der Waals surface area contributed by atoms with Gasteiger partial charge in [0, 0.05) is 6.61 Å². The van der Waals surface area contributed by atoms with Gasteiger partial charge in [0.25, 0.3) is 0 Å². The van der Waals surface area contributed by atoms with Crippen molar-refractivity contribution in [1.82, 2.24) is 5.48 Å². The largest absolute Gasteiger partial charge is 0.361 e. The van der Waals surface area contributed by atoms with Gasteiger partial charge in [-0.1, -0.05) is 156 Å². The van der Waals surface area contributed by atoms with Gasteiger partial charge in [0.05, 0.1) is 6.61 Å². The van der Waals surface area contributed by atoms with E-state index in [4.69, 9.17) is 9.57 Å². The highest BCUT2D eigenvalue weighted by atomic mass is 16.7. The van der Waals surface area contributed by atoms with Crippen LogP contribution in [-0.2, 0) is 9.57 Å². The molecule has 33 heavy (non-hydrogen) atoms. The number of ether oxygens (including phenoxy) is 1. The maximum atomic E-state index is 5.96. The van der Waals surface area contributed by atoms with Gasteiger partial charge in [0.1, 0.15) is 6.23 Å². The summed E-state index contributed by atoms with van der Waals surface area (Å²) in [5, 5.41) is 0. The first-order valence-corrected chi connectivity index (χ1v) is 15.3. The molecule has 0 bridgehead atoms. The summed E-state index contributed by atoms with van der Waals surface area (Å²) in [7, 11) is 0. The van der Waals surface area contributed by atoms with Crippen LogP contribution in [0.1, 0.15) is 175 Å². The van der Waals surface area contributed by atoms with E-state index < -0.39 is 0 Å². The predicted molar refractivity (Wildman–Crippen MR) is 147 cm³/mol. The first-order valence-electron chi connectivity index (χ1n) is 15.3. The van der Waals surface area contributed by atoms with E-state index in [1.165, 1.54) is 141 Å². The number of unbranched alkanes of at least 4 members (excludes halogenated alkanes) is 21. The van der Waals surface area contributed by atoms with Crippen LogP contribution < -0.4 is 5.48 Å². The van der Waals surface area contributed by atoms with Crippen LogP contribution in [0.3, 0.4) is 0 Å². The van der Waals surface area contributed by atoms with Crippen molar-refractivity contribution in [3.05, 3.63) is 0 Å². The highest BCUT2D eigenvalue weighted by molar-refractivity contribution is 4.51. The summed E-state index contributed by atoms with van der Waals surface area (Å²) in [6.45, 7) is 8.39. The Morgan fingerprint density at radius 3 is 1.12 bits per heavy atom. The fourth-order valence-corrected chi connectivity index (χ4v) is 4.39. The van der Waals surface area contributed by atoms with Gasteiger partial charge in [0.15, 0.2) is 0 Å². The van der Waals surface area contributed by atoms with Gasteiger partial charge in [0.2, 0.25) is 0 Å². The fourth-order valence-electron chi connectivity index (χ4n) is 4.39. The molecule has 0 heterocycles. The molecular formula is C30H63NO2. The van der Waals surface area contributed by atoms with Gasteiger partial charge < -0.3 is 4.74 Å². The Morgan fingerprint density at radius 1 is 0.424 bits per heavy atom. The fraction of sp³-hybridized carbons (Fsp3) is 1.00. The SMILES string of the molecule is CCCCCCCCCCCCCCCOC(CC)NOCCCCCCCCCCCC. The minimum absolute atomic E-state index is 0.0467. The van der Waals surface area contributed by atoms with Gasteiger partial charge >= 0.3 is 0 Å². The predicted octanol–water partition coefficient (Wildman–Crippen LogP) is 10.3. The first kappa shape index (κ1) is 32.9. The second-order valence-electron chi connectivity index (χ2n) is 10.2. The van der Waals surface area contributed by atoms with E-state index in [-0.39, 0.29) is 6.23 Å². The summed E-state index contributed by atoms with van der Waals surface area (Å²) in [4.78, 5) is 5.65. The third-order valence-electron chi connectivity index (χ3n) is 6.75. The zero-order valence-electron chi connectivity index (χ0n) is 23.3. The van der Waals surface area contributed by atoms with Crippen LogP contribution in [0.5, 0.6) is 0 Å². The highest BCUT2D eigenvalue weighted by Crippen LogP contribution is 2.13. The van der Waals surface area contributed by atoms with Gasteiger partial charge in [-0.05, 0) is 19.3 Å². The lowest BCUT2D eigenvalue weighted by Gasteiger charge is -2.17. The second kappa shape index (κ2) is 29.9. The standard InChI is InChI=1S/C30H63NO2/c1-4-7-9-11-13-15-17-18-19-20-22-24-26-28-32-30(6-3)31-33-29-27-25-23-21-16-14-12-10-8-5-2/h30-31H,4-29H2,1-3H3. The number of rotatable bonds is 29. The van der Waals surface area contributed by atoms with Crippen molar-refractivity contribution >= 4 is 0 Å². The molecule has 0 aliphatic rings. The van der Waals surface area contributed by atoms with Gasteiger partial charge in [-0.15, -0.1) is 0 Å². The summed E-state index contributed by atoms with van der Waals surface area (Å²) in [6.07, 6.45) is 32.7. The average molecular weight is 470 g/mol. The molecule has 0 radical (unpaired) electrons. The Balaban J connectivity index is 3.26. The van der Waals surface area contributed by atoms with Crippen LogP contribution in [-0.4, -0.2) is 19.4 Å². The van der Waals surface area contributed by atoms with Crippen LogP contribution in [0.2, 0.25) is 0 Å². The van der Waals surface area contributed by atoms with Crippen LogP contribution in [0, 0.1) is 0 Å². The minimum Gasteiger partial charge on any atom is -0.361 e. The zero-order valence-corrected chi connectivity index (χ0v) is 23.3. The van der Waals surface area contributed by atoms with E-state index in [0.29, 0.717) is 0 Å². The molecule has 0 spiro atoms. The van der Waals surface area contributed by atoms with Crippen LogP contribution in [0.15, 0.2) is 0 Å². The Kier molecular flexibility index (Phi) is 29.8. The van der Waals surface area contributed by atoms with E-state index in [1.807, 2.05) is 0 Å². The van der Waals surface area contributed by atoms with Crippen molar-refractivity contribution < 1.29 is 9.57 Å². The molecule has 0 amide bonds. The molecule has 1 unspecified atom stereocenters. The monoisotopic (exact) mass is 469 g/mol.